The van der Waals surface area contributed by atoms with Gasteiger partial charge in [-0.2, -0.15) is 0 Å². The number of aromatic amines is 2. The van der Waals surface area contributed by atoms with Gasteiger partial charge in [-0.15, -0.1) is 0 Å². The summed E-state index contributed by atoms with van der Waals surface area (Å²) in [7, 11) is 0. The molecule has 0 aliphatic carbocycles. The Morgan fingerprint density at radius 3 is 0.596 bits per heavy atom. The molecule has 8 nitrogen and oxygen atoms in total. The molecule has 2 aliphatic rings. The number of nitrogens with one attached hydrogen (secondary N) is 2. The summed E-state index contributed by atoms with van der Waals surface area (Å²) in [6.07, 6.45) is 0. The molecular formula is C32H2CdCl16N8. The topological polar surface area (TPSA) is 109 Å². The average Bonchev–Trinajstić information content (AvgIpc) is 3.92. The van der Waals surface area contributed by atoms with Crippen LogP contribution in [-0.2, 0) is 27.3 Å². The standard InChI is InChI=1S/C32H2Cl16N8.Cd/c33-9-1-2(10(34)18(42)17(9)41)26-49-25(1)53-27-3-4(12(36)20(44)19(43)11(3)35)29(50-27)55-31-7-8(16(40)24(48)23(47)15(7)39)32(52-31)56-30-6-5(28(51-30)54-26)13(37)21(45)22(46)14(6)38;/h(H2,49,50,51,52,53,54,55,56);. The van der Waals surface area contributed by atoms with Gasteiger partial charge in [0.1, 0.15) is 22.6 Å². The molecule has 7 aromatic rings. The molecule has 0 atom stereocenters. The van der Waals surface area contributed by atoms with Crippen LogP contribution in [0.3, 0.4) is 0 Å². The zero-order chi connectivity index (χ0) is 40.1. The number of aromatic nitrogens is 8. The number of hydrogen-bond donors (Lipinski definition) is 2. The van der Waals surface area contributed by atoms with Crippen molar-refractivity contribution in [1.82, 2.24) is 39.9 Å². The van der Waals surface area contributed by atoms with Crippen molar-refractivity contribution in [2.24, 2.45) is 0 Å². The van der Waals surface area contributed by atoms with Gasteiger partial charge < -0.3 is 9.97 Å². The molecule has 25 heteroatoms. The maximum atomic E-state index is 6.84. The number of rotatable bonds is 0. The van der Waals surface area contributed by atoms with Gasteiger partial charge in [-0.3, -0.25) is 0 Å². The van der Waals surface area contributed by atoms with Crippen LogP contribution in [0.4, 0.5) is 0 Å². The van der Waals surface area contributed by atoms with Gasteiger partial charge in [-0.05, 0) is 0 Å². The average molecular weight is 1180 g/mol. The van der Waals surface area contributed by atoms with Crippen molar-refractivity contribution >= 4 is 230 Å². The fraction of sp³-hybridized carbons (Fsp3) is 0. The molecule has 3 aromatic heterocycles. The van der Waals surface area contributed by atoms with E-state index < -0.39 is 0 Å². The van der Waals surface area contributed by atoms with Crippen LogP contribution in [0, 0.1) is 0 Å². The van der Waals surface area contributed by atoms with Gasteiger partial charge in [0.25, 0.3) is 0 Å². The summed E-state index contributed by atoms with van der Waals surface area (Å²) in [5.74, 6) is -0.257. The first kappa shape index (κ1) is 43.5. The first-order valence-corrected chi connectivity index (χ1v) is 20.8. The Hall–Kier alpha value is -0.198. The molecule has 4 aromatic carbocycles. The monoisotopic (exact) mass is 1170 g/mol. The van der Waals surface area contributed by atoms with Crippen LogP contribution in [0.1, 0.15) is 0 Å². The molecule has 0 unspecified atom stereocenters. The maximum absolute atomic E-state index is 6.84. The Morgan fingerprint density at radius 1 is 0.228 bits per heavy atom. The zero-order valence-electron chi connectivity index (χ0n) is 26.4. The van der Waals surface area contributed by atoms with E-state index in [1.807, 2.05) is 0 Å². The van der Waals surface area contributed by atoms with Gasteiger partial charge in [-0.25, -0.2) is 29.9 Å². The molecule has 0 saturated heterocycles. The van der Waals surface area contributed by atoms with Crippen molar-refractivity contribution in [3.63, 3.8) is 0 Å². The van der Waals surface area contributed by atoms with E-state index in [0.29, 0.717) is 0 Å². The van der Waals surface area contributed by atoms with Crippen LogP contribution in [0.25, 0.3) is 89.7 Å². The minimum atomic E-state index is -0.0863. The summed E-state index contributed by atoms with van der Waals surface area (Å²) < 4.78 is 0. The fourth-order valence-electron chi connectivity index (χ4n) is 6.24. The Balaban J connectivity index is 0.00000455. The SMILES string of the molecule is Clc1c(Cl)c(Cl)c2c(c1Cl)-c1nc-2nc2[nH]c(nc3nc(nc4[nH]c(n1)c1c(Cl)c(Cl)c(Cl)c(Cl)c41)-c1c(Cl)c(Cl)c(Cl)c(Cl)c1-3)c1c(Cl)c(Cl)c(Cl)c(Cl)c21.[Cd]. The van der Waals surface area contributed by atoms with Gasteiger partial charge in [-0.1, -0.05) is 186 Å². The van der Waals surface area contributed by atoms with Crippen LogP contribution in [0.5, 0.6) is 0 Å². The van der Waals surface area contributed by atoms with E-state index in [0.717, 1.165) is 0 Å². The number of halogens is 16. The van der Waals surface area contributed by atoms with Crippen molar-refractivity contribution in [3.05, 3.63) is 80.4 Å². The van der Waals surface area contributed by atoms with E-state index in [-0.39, 0.29) is 197 Å². The van der Waals surface area contributed by atoms with Crippen LogP contribution >= 0.6 is 186 Å². The number of nitrogens with zero attached hydrogens (tertiary/aromatic N) is 6. The van der Waals surface area contributed by atoms with E-state index in [2.05, 4.69) is 9.97 Å². The molecule has 2 N–H and O–H groups in total. The fourth-order valence-corrected chi connectivity index (χ4v) is 10.3. The summed E-state index contributed by atoms with van der Waals surface area (Å²) in [6, 6.07) is 0. The van der Waals surface area contributed by atoms with Gasteiger partial charge in [0, 0.05) is 27.3 Å². The quantitative estimate of drug-likeness (QED) is 0.0889. The third-order valence-electron chi connectivity index (χ3n) is 8.68. The summed E-state index contributed by atoms with van der Waals surface area (Å²) >= 11 is 107. The molecule has 0 fully saturated rings. The predicted octanol–water partition coefficient (Wildman–Crippen LogP) is 17.3. The van der Waals surface area contributed by atoms with Gasteiger partial charge >= 0.3 is 0 Å². The predicted molar refractivity (Wildman–Crippen MR) is 236 cm³/mol. The first-order valence-electron chi connectivity index (χ1n) is 14.7. The molecule has 0 amide bonds. The van der Waals surface area contributed by atoms with Gasteiger partial charge in [0.05, 0.1) is 124 Å². The Bertz CT molecular complexity index is 2820. The Kier molecular flexibility index (Phi) is 11.9. The summed E-state index contributed by atoms with van der Waals surface area (Å²) in [5.41, 5.74) is 0.666. The minimum Gasteiger partial charge on any atom is -0.324 e. The van der Waals surface area contributed by atoms with Gasteiger partial charge in [0.2, 0.25) is 0 Å². The molecule has 0 spiro atoms. The van der Waals surface area contributed by atoms with Crippen LogP contribution in [0.15, 0.2) is 0 Å². The van der Waals surface area contributed by atoms with Crippen LogP contribution in [-0.4, -0.2) is 39.9 Å². The van der Waals surface area contributed by atoms with Crippen LogP contribution < -0.4 is 0 Å². The first-order chi connectivity index (χ1) is 26.4. The van der Waals surface area contributed by atoms with E-state index in [4.69, 9.17) is 216 Å². The molecule has 0 saturated carbocycles. The van der Waals surface area contributed by atoms with Gasteiger partial charge in [0.15, 0.2) is 23.3 Å². The van der Waals surface area contributed by atoms with Crippen molar-refractivity contribution < 1.29 is 27.3 Å². The third kappa shape index (κ3) is 6.33. The second-order valence-electron chi connectivity index (χ2n) is 11.6. The van der Waals surface area contributed by atoms with Crippen molar-refractivity contribution in [2.45, 2.75) is 0 Å². The zero-order valence-corrected chi connectivity index (χ0v) is 42.6. The maximum Gasteiger partial charge on any atom is 0.166 e. The molecule has 5 heterocycles. The third-order valence-corrected chi connectivity index (χ3v) is 15.9. The van der Waals surface area contributed by atoms with Crippen molar-refractivity contribution in [2.75, 3.05) is 0 Å². The molecule has 57 heavy (non-hydrogen) atoms. The smallest absolute Gasteiger partial charge is 0.166 e. The summed E-state index contributed by atoms with van der Waals surface area (Å²) in [4.78, 5) is 34.9. The molecule has 284 valence electrons. The normalized spacial score (nSPS) is 12.1. The van der Waals surface area contributed by atoms with E-state index >= 15 is 0 Å². The number of hydrogen-bond acceptors (Lipinski definition) is 6. The van der Waals surface area contributed by atoms with Crippen molar-refractivity contribution in [3.8, 4) is 45.6 Å². The van der Waals surface area contributed by atoms with E-state index in [1.165, 1.54) is 0 Å². The van der Waals surface area contributed by atoms with Crippen LogP contribution in [0.2, 0.25) is 80.4 Å². The minimum absolute atomic E-state index is 0. The Morgan fingerprint density at radius 2 is 0.404 bits per heavy atom. The van der Waals surface area contributed by atoms with Crippen molar-refractivity contribution in [1.29, 1.82) is 0 Å². The molecule has 9 rings (SSSR count). The molecule has 2 aliphatic heterocycles. The number of fused-ring (bicyclic) bond motifs is 20. The molecule has 0 radical (unpaired) electrons. The number of benzene rings is 4. The van der Waals surface area contributed by atoms with E-state index in [9.17, 15) is 0 Å². The number of H-pyrrole nitrogens is 2. The van der Waals surface area contributed by atoms with E-state index in [1.54, 1.807) is 0 Å². The summed E-state index contributed by atoms with van der Waals surface area (Å²) in [5, 5.41) is -0.398. The largest absolute Gasteiger partial charge is 0.324 e. The molecular weight excluding hydrogens is 1180 g/mol. The molecule has 8 bridgehead atoms. The summed E-state index contributed by atoms with van der Waals surface area (Å²) in [6.45, 7) is 0. The Labute approximate surface area is 417 Å². The second-order valence-corrected chi connectivity index (χ2v) is 17.7. The second kappa shape index (κ2) is 15.6.